The van der Waals surface area contributed by atoms with E-state index >= 15 is 0 Å². The molecule has 2 aromatic rings. The van der Waals surface area contributed by atoms with Crippen molar-refractivity contribution >= 4 is 31.9 Å². The van der Waals surface area contributed by atoms with E-state index in [1.54, 1.807) is 6.20 Å². The summed E-state index contributed by atoms with van der Waals surface area (Å²) in [6.07, 6.45) is 0.993. The van der Waals surface area contributed by atoms with Gasteiger partial charge in [-0.3, -0.25) is 4.98 Å². The fourth-order valence-corrected chi connectivity index (χ4v) is 2.56. The molecule has 0 aromatic carbocycles. The molecule has 1 atom stereocenters. The maximum atomic E-state index is 9.49. The molecule has 0 aliphatic rings. The van der Waals surface area contributed by atoms with Crippen LogP contribution in [0, 0.1) is 11.3 Å². The first kappa shape index (κ1) is 14.1. The van der Waals surface area contributed by atoms with Gasteiger partial charge in [-0.1, -0.05) is 5.16 Å². The van der Waals surface area contributed by atoms with Gasteiger partial charge in [0.1, 0.15) is 5.69 Å². The van der Waals surface area contributed by atoms with E-state index in [0.717, 1.165) is 8.95 Å². The molecule has 0 spiro atoms. The summed E-state index contributed by atoms with van der Waals surface area (Å²) in [4.78, 5) is 8.32. The van der Waals surface area contributed by atoms with Crippen LogP contribution >= 0.6 is 31.9 Å². The van der Waals surface area contributed by atoms with Crippen LogP contribution in [0.1, 0.15) is 12.3 Å². The normalized spacial score (nSPS) is 12.1. The van der Waals surface area contributed by atoms with Crippen LogP contribution in [0.2, 0.25) is 0 Å². The summed E-state index contributed by atoms with van der Waals surface area (Å²) >= 11 is 6.67. The van der Waals surface area contributed by atoms with Crippen molar-refractivity contribution in [3.8, 4) is 17.6 Å². The molecule has 2 aromatic heterocycles. The first-order valence-corrected chi connectivity index (χ1v) is 6.87. The van der Waals surface area contributed by atoms with Crippen molar-refractivity contribution < 1.29 is 9.63 Å². The summed E-state index contributed by atoms with van der Waals surface area (Å²) in [6.45, 7) is 0. The zero-order chi connectivity index (χ0) is 13.8. The van der Waals surface area contributed by atoms with Gasteiger partial charge in [-0.2, -0.15) is 10.2 Å². The molecule has 0 aliphatic carbocycles. The van der Waals surface area contributed by atoms with Crippen molar-refractivity contribution in [1.29, 1.82) is 5.26 Å². The van der Waals surface area contributed by atoms with Crippen LogP contribution in [-0.4, -0.2) is 26.3 Å². The number of halogens is 2. The zero-order valence-corrected chi connectivity index (χ0v) is 12.7. The van der Waals surface area contributed by atoms with E-state index in [-0.39, 0.29) is 18.7 Å². The second kappa shape index (κ2) is 6.23. The Morgan fingerprint density at radius 2 is 2.26 bits per heavy atom. The highest BCUT2D eigenvalue weighted by Crippen LogP contribution is 2.26. The number of aromatic nitrogens is 3. The molecule has 2 heterocycles. The van der Waals surface area contributed by atoms with E-state index in [2.05, 4.69) is 47.0 Å². The van der Waals surface area contributed by atoms with Gasteiger partial charge in [-0.15, -0.1) is 0 Å². The number of rotatable bonds is 4. The minimum absolute atomic E-state index is 0.0257. The van der Waals surface area contributed by atoms with Crippen LogP contribution in [0.15, 0.2) is 25.7 Å². The SMILES string of the molecule is N#CCC(O)Cc1nc(-c2ncc(Br)cc2Br)no1. The minimum Gasteiger partial charge on any atom is -0.392 e. The number of pyridine rings is 1. The summed E-state index contributed by atoms with van der Waals surface area (Å²) in [5.41, 5.74) is 0.549. The lowest BCUT2D eigenvalue weighted by Crippen LogP contribution is -2.09. The molecular weight excluding hydrogens is 380 g/mol. The molecule has 2 rings (SSSR count). The van der Waals surface area contributed by atoms with Crippen molar-refractivity contribution in [2.45, 2.75) is 18.9 Å². The molecule has 0 bridgehead atoms. The van der Waals surface area contributed by atoms with Crippen molar-refractivity contribution in [2.75, 3.05) is 0 Å². The number of nitriles is 1. The number of hydrogen-bond acceptors (Lipinski definition) is 6. The maximum Gasteiger partial charge on any atom is 0.229 e. The molecule has 0 aliphatic heterocycles. The second-order valence-electron chi connectivity index (χ2n) is 3.72. The molecule has 0 saturated heterocycles. The highest BCUT2D eigenvalue weighted by Gasteiger charge is 2.15. The van der Waals surface area contributed by atoms with Gasteiger partial charge < -0.3 is 9.63 Å². The van der Waals surface area contributed by atoms with Crippen molar-refractivity contribution in [1.82, 2.24) is 15.1 Å². The monoisotopic (exact) mass is 386 g/mol. The Hall–Kier alpha value is -1.30. The van der Waals surface area contributed by atoms with Crippen LogP contribution < -0.4 is 0 Å². The predicted octanol–water partition coefficient (Wildman–Crippen LogP) is 2.47. The van der Waals surface area contributed by atoms with Gasteiger partial charge in [-0.05, 0) is 37.9 Å². The molecule has 19 heavy (non-hydrogen) atoms. The van der Waals surface area contributed by atoms with Gasteiger partial charge in [0.05, 0.1) is 25.0 Å². The summed E-state index contributed by atoms with van der Waals surface area (Å²) in [6, 6.07) is 3.70. The van der Waals surface area contributed by atoms with E-state index in [1.165, 1.54) is 0 Å². The third-order valence-electron chi connectivity index (χ3n) is 2.22. The van der Waals surface area contributed by atoms with Gasteiger partial charge in [0.2, 0.25) is 11.7 Å². The number of aliphatic hydroxyl groups is 1. The van der Waals surface area contributed by atoms with E-state index < -0.39 is 6.10 Å². The molecule has 0 saturated carbocycles. The topological polar surface area (TPSA) is 95.8 Å². The van der Waals surface area contributed by atoms with Gasteiger partial charge in [-0.25, -0.2) is 0 Å². The smallest absolute Gasteiger partial charge is 0.229 e. The Balaban J connectivity index is 2.19. The Morgan fingerprint density at radius 3 is 2.95 bits per heavy atom. The Labute approximate surface area is 125 Å². The quantitative estimate of drug-likeness (QED) is 0.865. The standard InChI is InChI=1S/C11H8Br2N4O2/c12-6-3-8(13)10(15-5-6)11-16-9(19-17-11)4-7(18)1-2-14/h3,5,7,18H,1,4H2. The fraction of sp³-hybridized carbons (Fsp3) is 0.273. The number of nitrogens with zero attached hydrogens (tertiary/aromatic N) is 4. The molecule has 1 N–H and O–H groups in total. The maximum absolute atomic E-state index is 9.49. The Bertz CT molecular complexity index is 623. The van der Waals surface area contributed by atoms with Gasteiger partial charge >= 0.3 is 0 Å². The second-order valence-corrected chi connectivity index (χ2v) is 5.49. The van der Waals surface area contributed by atoms with E-state index in [9.17, 15) is 5.11 Å². The lowest BCUT2D eigenvalue weighted by molar-refractivity contribution is 0.167. The summed E-state index contributed by atoms with van der Waals surface area (Å²) in [7, 11) is 0. The lowest BCUT2D eigenvalue weighted by Gasteiger charge is -2.00. The molecule has 1 unspecified atom stereocenters. The lowest BCUT2D eigenvalue weighted by atomic mass is 10.2. The molecule has 0 radical (unpaired) electrons. The Morgan fingerprint density at radius 1 is 1.47 bits per heavy atom. The van der Waals surface area contributed by atoms with E-state index in [4.69, 9.17) is 9.78 Å². The summed E-state index contributed by atoms with van der Waals surface area (Å²) in [5.74, 6) is 0.605. The van der Waals surface area contributed by atoms with Crippen LogP contribution in [0.4, 0.5) is 0 Å². The molecule has 98 valence electrons. The van der Waals surface area contributed by atoms with Crippen molar-refractivity contribution in [2.24, 2.45) is 0 Å². The van der Waals surface area contributed by atoms with Crippen molar-refractivity contribution in [3.63, 3.8) is 0 Å². The molecular formula is C11H8Br2N4O2. The fourth-order valence-electron chi connectivity index (χ4n) is 1.39. The molecule has 0 fully saturated rings. The highest BCUT2D eigenvalue weighted by molar-refractivity contribution is 9.11. The zero-order valence-electron chi connectivity index (χ0n) is 9.55. The summed E-state index contributed by atoms with van der Waals surface area (Å²) < 4.78 is 6.58. The third-order valence-corrected chi connectivity index (χ3v) is 3.26. The van der Waals surface area contributed by atoms with Gasteiger partial charge in [0.15, 0.2) is 0 Å². The molecule has 6 nitrogen and oxygen atoms in total. The van der Waals surface area contributed by atoms with Crippen LogP contribution in [0.5, 0.6) is 0 Å². The predicted molar refractivity (Wildman–Crippen MR) is 72.9 cm³/mol. The average molecular weight is 388 g/mol. The van der Waals surface area contributed by atoms with E-state index in [0.29, 0.717) is 11.5 Å². The minimum atomic E-state index is -0.806. The first-order valence-electron chi connectivity index (χ1n) is 5.29. The van der Waals surface area contributed by atoms with Crippen molar-refractivity contribution in [3.05, 3.63) is 27.1 Å². The number of aliphatic hydroxyl groups excluding tert-OH is 1. The Kier molecular flexibility index (Phi) is 4.63. The number of hydrogen-bond donors (Lipinski definition) is 1. The van der Waals surface area contributed by atoms with Gasteiger partial charge in [0.25, 0.3) is 0 Å². The first-order chi connectivity index (χ1) is 9.10. The van der Waals surface area contributed by atoms with Crippen LogP contribution in [-0.2, 0) is 6.42 Å². The summed E-state index contributed by atoms with van der Waals surface area (Å²) in [5, 5.41) is 21.8. The van der Waals surface area contributed by atoms with E-state index in [1.807, 2.05) is 12.1 Å². The largest absolute Gasteiger partial charge is 0.392 e. The average Bonchev–Trinajstić information content (AvgIpc) is 2.77. The van der Waals surface area contributed by atoms with Crippen LogP contribution in [0.3, 0.4) is 0 Å². The van der Waals surface area contributed by atoms with Crippen LogP contribution in [0.25, 0.3) is 11.5 Å². The molecule has 0 amide bonds. The highest BCUT2D eigenvalue weighted by atomic mass is 79.9. The van der Waals surface area contributed by atoms with Gasteiger partial charge in [0, 0.05) is 15.1 Å². The third kappa shape index (κ3) is 3.59. The molecule has 8 heteroatoms.